The van der Waals surface area contributed by atoms with Crippen LogP contribution in [0, 0.1) is 5.92 Å². The zero-order valence-electron chi connectivity index (χ0n) is 7.71. The third kappa shape index (κ3) is 22.6. The van der Waals surface area contributed by atoms with Crippen molar-refractivity contribution in [2.75, 3.05) is 0 Å². The van der Waals surface area contributed by atoms with Crippen LogP contribution < -0.4 is 0 Å². The predicted molar refractivity (Wildman–Crippen MR) is 44.3 cm³/mol. The Morgan fingerprint density at radius 3 is 1.00 bits per heavy atom. The van der Waals surface area contributed by atoms with Crippen molar-refractivity contribution in [3.05, 3.63) is 5.92 Å². The molecule has 1 radical (unpaired) electrons. The maximum absolute atomic E-state index is 9.75. The van der Waals surface area contributed by atoms with Crippen LogP contribution in [-0.4, -0.2) is 7.25 Å². The van der Waals surface area contributed by atoms with Gasteiger partial charge in [0, 0.05) is 0 Å². The van der Waals surface area contributed by atoms with Crippen LogP contribution >= 0.6 is 0 Å². The van der Waals surface area contributed by atoms with Gasteiger partial charge in [0.1, 0.15) is 0 Å². The fourth-order valence-corrected chi connectivity index (χ4v) is 0.750. The molecule has 0 bridgehead atoms. The van der Waals surface area contributed by atoms with E-state index < -0.39 is 7.25 Å². The van der Waals surface area contributed by atoms with Crippen molar-refractivity contribution in [3.8, 4) is 0 Å². The van der Waals surface area contributed by atoms with E-state index in [1.165, 1.54) is 19.3 Å². The molecule has 0 spiro atoms. The van der Waals surface area contributed by atoms with Gasteiger partial charge in [-0.15, -0.1) is 0 Å². The highest BCUT2D eigenvalue weighted by molar-refractivity contribution is 6.50. The lowest BCUT2D eigenvalue weighted by Crippen LogP contribution is -2.02. The van der Waals surface area contributed by atoms with Crippen molar-refractivity contribution in [1.82, 2.24) is 0 Å². The van der Waals surface area contributed by atoms with E-state index in [0.29, 0.717) is 0 Å². The summed E-state index contributed by atoms with van der Waals surface area (Å²) in [6.45, 7) is 6.67. The van der Waals surface area contributed by atoms with Crippen LogP contribution in [-0.2, 0) is 0 Å². The molecule has 0 unspecified atom stereocenters. The van der Waals surface area contributed by atoms with Crippen molar-refractivity contribution >= 4 is 7.25 Å². The third-order valence-corrected chi connectivity index (χ3v) is 1.50. The van der Waals surface area contributed by atoms with Gasteiger partial charge in [0.15, 0.2) is 0 Å². The molecule has 12 heavy (non-hydrogen) atoms. The van der Waals surface area contributed by atoms with Crippen molar-refractivity contribution in [3.63, 3.8) is 0 Å². The normalized spacial score (nSPS) is 11.0. The second kappa shape index (κ2) is 7.43. The van der Waals surface area contributed by atoms with Crippen molar-refractivity contribution in [2.24, 2.45) is 0 Å². The molecule has 5 heteroatoms. The standard InChI is InChI=1S/C7H15.BF4/c1-4-7(5-2)6-3;2-1(3,4)5/h4-6H2,1-3H3;/q;-1. The Labute approximate surface area is 71.5 Å². The van der Waals surface area contributed by atoms with Crippen LogP contribution in [0.2, 0.25) is 0 Å². The Kier molecular flexibility index (Phi) is 8.87. The van der Waals surface area contributed by atoms with Crippen LogP contribution in [0.4, 0.5) is 17.3 Å². The Bertz CT molecular complexity index is 76.4. The van der Waals surface area contributed by atoms with Crippen LogP contribution in [0.3, 0.4) is 0 Å². The molecular formula is C7H15BF4-. The Hall–Kier alpha value is -0.215. The highest BCUT2D eigenvalue weighted by atomic mass is 19.5. The fraction of sp³-hybridized carbons (Fsp3) is 0.857. The first-order valence-corrected chi connectivity index (χ1v) is 4.05. The van der Waals surface area contributed by atoms with Crippen LogP contribution in [0.25, 0.3) is 0 Å². The lowest BCUT2D eigenvalue weighted by Gasteiger charge is -2.04. The third-order valence-electron chi connectivity index (χ3n) is 1.50. The van der Waals surface area contributed by atoms with E-state index in [0.717, 1.165) is 0 Å². The van der Waals surface area contributed by atoms with Gasteiger partial charge in [-0.05, 0) is 25.2 Å². The first-order valence-electron chi connectivity index (χ1n) is 4.05. The van der Waals surface area contributed by atoms with E-state index in [9.17, 15) is 17.3 Å². The minimum absolute atomic E-state index is 1.27. The van der Waals surface area contributed by atoms with Gasteiger partial charge in [0.25, 0.3) is 0 Å². The number of hydrogen-bond acceptors (Lipinski definition) is 0. The maximum atomic E-state index is 9.75. The molecule has 0 fully saturated rings. The first kappa shape index (κ1) is 14.3. The van der Waals surface area contributed by atoms with Gasteiger partial charge in [0.05, 0.1) is 0 Å². The largest absolute Gasteiger partial charge is 0.673 e. The van der Waals surface area contributed by atoms with E-state index in [1.54, 1.807) is 5.92 Å². The smallest absolute Gasteiger partial charge is 0.418 e. The van der Waals surface area contributed by atoms with Gasteiger partial charge in [-0.1, -0.05) is 20.8 Å². The van der Waals surface area contributed by atoms with E-state index in [4.69, 9.17) is 0 Å². The summed E-state index contributed by atoms with van der Waals surface area (Å²) in [5.41, 5.74) is 0. The van der Waals surface area contributed by atoms with E-state index >= 15 is 0 Å². The molecule has 0 aromatic carbocycles. The lowest BCUT2D eigenvalue weighted by atomic mass is 10.0. The highest BCUT2D eigenvalue weighted by Gasteiger charge is 2.20. The highest BCUT2D eigenvalue weighted by Crippen LogP contribution is 2.12. The first-order chi connectivity index (χ1) is 5.35. The van der Waals surface area contributed by atoms with Gasteiger partial charge >= 0.3 is 7.25 Å². The summed E-state index contributed by atoms with van der Waals surface area (Å²) in [4.78, 5) is 0. The van der Waals surface area contributed by atoms with Crippen LogP contribution in [0.15, 0.2) is 0 Å². The lowest BCUT2D eigenvalue weighted by molar-refractivity contribution is 0.368. The number of hydrogen-bond donors (Lipinski definition) is 0. The van der Waals surface area contributed by atoms with E-state index in [2.05, 4.69) is 20.8 Å². The zero-order chi connectivity index (χ0) is 10.2. The topological polar surface area (TPSA) is 0 Å². The molecule has 0 aliphatic rings. The second-order valence-electron chi connectivity index (χ2n) is 2.31. The van der Waals surface area contributed by atoms with Crippen LogP contribution in [0.5, 0.6) is 0 Å². The Morgan fingerprint density at radius 1 is 0.833 bits per heavy atom. The van der Waals surface area contributed by atoms with Gasteiger partial charge in [-0.25, -0.2) is 0 Å². The summed E-state index contributed by atoms with van der Waals surface area (Å²) in [6.07, 6.45) is 3.81. The zero-order valence-corrected chi connectivity index (χ0v) is 7.71. The fourth-order valence-electron chi connectivity index (χ4n) is 0.750. The maximum Gasteiger partial charge on any atom is 0.673 e. The molecule has 0 aromatic rings. The summed E-state index contributed by atoms with van der Waals surface area (Å²) < 4.78 is 39.0. The van der Waals surface area contributed by atoms with Crippen LogP contribution in [0.1, 0.15) is 40.0 Å². The minimum Gasteiger partial charge on any atom is -0.418 e. The molecule has 0 nitrogen and oxygen atoms in total. The summed E-state index contributed by atoms with van der Waals surface area (Å²) in [7, 11) is -6.00. The molecule has 0 aromatic heterocycles. The molecule has 0 atom stereocenters. The average Bonchev–Trinajstić information content (AvgIpc) is 1.88. The predicted octanol–water partition coefficient (Wildman–Crippen LogP) is 4.09. The van der Waals surface area contributed by atoms with Gasteiger partial charge in [-0.2, -0.15) is 0 Å². The minimum atomic E-state index is -6.00. The Morgan fingerprint density at radius 2 is 1.00 bits per heavy atom. The second-order valence-corrected chi connectivity index (χ2v) is 2.31. The number of halogens is 4. The number of rotatable bonds is 3. The average molecular weight is 186 g/mol. The van der Waals surface area contributed by atoms with Gasteiger partial charge < -0.3 is 17.3 Å². The quantitative estimate of drug-likeness (QED) is 0.459. The molecule has 0 rings (SSSR count). The van der Waals surface area contributed by atoms with Crippen molar-refractivity contribution in [2.45, 2.75) is 40.0 Å². The van der Waals surface area contributed by atoms with E-state index in [-0.39, 0.29) is 0 Å². The molecule has 75 valence electrons. The summed E-state index contributed by atoms with van der Waals surface area (Å²) >= 11 is 0. The molecule has 0 aliphatic heterocycles. The summed E-state index contributed by atoms with van der Waals surface area (Å²) in [5, 5.41) is 0. The van der Waals surface area contributed by atoms with Crippen molar-refractivity contribution < 1.29 is 17.3 Å². The molecule has 0 saturated heterocycles. The molecule has 0 N–H and O–H groups in total. The molecule has 0 amide bonds. The molecule has 0 heterocycles. The van der Waals surface area contributed by atoms with Crippen molar-refractivity contribution in [1.29, 1.82) is 0 Å². The Balaban J connectivity index is 0. The SMILES string of the molecule is CC[C](CC)CC.F[B-](F)(F)F. The summed E-state index contributed by atoms with van der Waals surface area (Å²) in [5.74, 6) is 1.68. The van der Waals surface area contributed by atoms with Gasteiger partial charge in [-0.3, -0.25) is 0 Å². The monoisotopic (exact) mass is 186 g/mol. The van der Waals surface area contributed by atoms with E-state index in [1.807, 2.05) is 0 Å². The molecular weight excluding hydrogens is 171 g/mol. The molecule has 0 saturated carbocycles. The summed E-state index contributed by atoms with van der Waals surface area (Å²) in [6, 6.07) is 0. The molecule has 0 aliphatic carbocycles. The van der Waals surface area contributed by atoms with Gasteiger partial charge in [0.2, 0.25) is 0 Å².